The van der Waals surface area contributed by atoms with Crippen LogP contribution in [-0.2, 0) is 20.3 Å². The molecule has 0 spiro atoms. The summed E-state index contributed by atoms with van der Waals surface area (Å²) >= 11 is 1.20. The molecule has 0 radical (unpaired) electrons. The highest BCUT2D eigenvalue weighted by molar-refractivity contribution is 7.89. The van der Waals surface area contributed by atoms with Crippen molar-refractivity contribution in [3.05, 3.63) is 34.5 Å². The number of sulfonamides is 1. The van der Waals surface area contributed by atoms with E-state index in [0.29, 0.717) is 5.39 Å². The molecule has 0 unspecified atom stereocenters. The lowest BCUT2D eigenvalue weighted by atomic mass is 10.0. The van der Waals surface area contributed by atoms with Crippen molar-refractivity contribution in [2.24, 2.45) is 4.99 Å². The van der Waals surface area contributed by atoms with E-state index in [1.54, 1.807) is 39.8 Å². The van der Waals surface area contributed by atoms with Crippen LogP contribution in [0.15, 0.2) is 23.2 Å². The second kappa shape index (κ2) is 6.94. The molecule has 1 atom stereocenters. The number of benzene rings is 1. The number of nitrogens with one attached hydrogen (secondary N) is 1. The highest BCUT2D eigenvalue weighted by Gasteiger charge is 2.45. The van der Waals surface area contributed by atoms with Crippen LogP contribution in [0.4, 0.5) is 9.18 Å². The molecule has 1 fully saturated rings. The van der Waals surface area contributed by atoms with Crippen molar-refractivity contribution in [3.63, 3.8) is 0 Å². The van der Waals surface area contributed by atoms with Crippen LogP contribution in [0.25, 0.3) is 10.1 Å². The van der Waals surface area contributed by atoms with Gasteiger partial charge in [-0.3, -0.25) is 0 Å². The van der Waals surface area contributed by atoms with Gasteiger partial charge in [-0.25, -0.2) is 21.9 Å². The van der Waals surface area contributed by atoms with E-state index in [1.165, 1.54) is 18.4 Å². The van der Waals surface area contributed by atoms with E-state index in [1.807, 2.05) is 13.0 Å². The molecule has 29 heavy (non-hydrogen) atoms. The Bertz CT molecular complexity index is 1120. The molecule has 0 aliphatic carbocycles. The van der Waals surface area contributed by atoms with Gasteiger partial charge in [0.15, 0.2) is 0 Å². The van der Waals surface area contributed by atoms with Crippen molar-refractivity contribution in [2.45, 2.75) is 45.8 Å². The van der Waals surface area contributed by atoms with Gasteiger partial charge in [0.1, 0.15) is 11.4 Å². The summed E-state index contributed by atoms with van der Waals surface area (Å²) in [6.07, 6.45) is -0.932. The zero-order valence-corrected chi connectivity index (χ0v) is 18.8. The van der Waals surface area contributed by atoms with Crippen molar-refractivity contribution in [2.75, 3.05) is 12.8 Å². The van der Waals surface area contributed by atoms with E-state index >= 15 is 4.39 Å². The van der Waals surface area contributed by atoms with Crippen LogP contribution in [-0.4, -0.2) is 43.2 Å². The lowest BCUT2D eigenvalue weighted by Gasteiger charge is -2.39. The third-order valence-corrected chi connectivity index (χ3v) is 8.05. The first-order chi connectivity index (χ1) is 13.2. The average Bonchev–Trinajstić information content (AvgIpc) is 2.89. The van der Waals surface area contributed by atoms with E-state index in [-0.39, 0.29) is 16.6 Å². The normalized spacial score (nSPS) is 23.3. The molecule has 7 nitrogen and oxygen atoms in total. The van der Waals surface area contributed by atoms with Crippen LogP contribution < -0.4 is 5.32 Å². The fourth-order valence-electron chi connectivity index (χ4n) is 3.13. The molecular weight excluding hydrogens is 417 g/mol. The second-order valence-corrected chi connectivity index (χ2v) is 11.3. The van der Waals surface area contributed by atoms with Gasteiger partial charge in [0, 0.05) is 17.1 Å². The van der Waals surface area contributed by atoms with E-state index < -0.39 is 33.1 Å². The van der Waals surface area contributed by atoms with Crippen LogP contribution in [0.3, 0.4) is 0 Å². The first-order valence-corrected chi connectivity index (χ1v) is 11.4. The number of fused-ring (bicyclic) bond motifs is 1. The number of ether oxygens (including phenoxy) is 1. The Balaban J connectivity index is 2.09. The molecule has 0 bridgehead atoms. The Kier molecular flexibility index (Phi) is 5.15. The van der Waals surface area contributed by atoms with E-state index in [9.17, 15) is 13.2 Å². The van der Waals surface area contributed by atoms with Crippen LogP contribution in [0.2, 0.25) is 0 Å². The summed E-state index contributed by atoms with van der Waals surface area (Å²) in [7, 11) is -2.56. The maximum atomic E-state index is 15.2. The summed E-state index contributed by atoms with van der Waals surface area (Å²) in [5.41, 5.74) is -1.18. The van der Waals surface area contributed by atoms with Crippen LogP contribution >= 0.6 is 11.3 Å². The van der Waals surface area contributed by atoms with Crippen LogP contribution in [0.1, 0.15) is 38.1 Å². The van der Waals surface area contributed by atoms with Gasteiger partial charge >= 0.3 is 6.09 Å². The number of carbonyl (C=O) groups is 1. The van der Waals surface area contributed by atoms with Crippen molar-refractivity contribution >= 4 is 43.5 Å². The molecule has 0 saturated carbocycles. The molecule has 10 heteroatoms. The molecular formula is C19H24FN3O4S2. The average molecular weight is 442 g/mol. The molecule has 1 aromatic carbocycles. The number of thiophene rings is 1. The fraction of sp³-hybridized carbons (Fsp3) is 0.474. The largest absolute Gasteiger partial charge is 0.442 e. The molecule has 158 valence electrons. The quantitative estimate of drug-likeness (QED) is 0.729. The molecule has 1 amide bonds. The van der Waals surface area contributed by atoms with Gasteiger partial charge in [0.25, 0.3) is 0 Å². The third kappa shape index (κ3) is 4.09. The van der Waals surface area contributed by atoms with Crippen molar-refractivity contribution < 1.29 is 22.3 Å². The van der Waals surface area contributed by atoms with Gasteiger partial charge in [0.2, 0.25) is 16.0 Å². The standard InChI is InChI=1S/C19H24FN3O4S2/c1-11-8-7-9-12-13(20)15(28-14(11)12)19(5)10-29(25,26)23(6)16(22-19)21-17(24)27-18(2,3)4/h7-9H,10H2,1-6H3,(H,21,22,24)/t19-/m0/s1. The number of rotatable bonds is 1. The summed E-state index contributed by atoms with van der Waals surface area (Å²) < 4.78 is 47.6. The van der Waals surface area contributed by atoms with Crippen molar-refractivity contribution in [1.29, 1.82) is 0 Å². The number of nitrogens with zero attached hydrogens (tertiary/aromatic N) is 2. The zero-order chi connectivity index (χ0) is 21.8. The van der Waals surface area contributed by atoms with Gasteiger partial charge < -0.3 is 10.1 Å². The Hall–Kier alpha value is -2.20. The third-order valence-electron chi connectivity index (χ3n) is 4.52. The van der Waals surface area contributed by atoms with Gasteiger partial charge in [-0.15, -0.1) is 16.3 Å². The monoisotopic (exact) mass is 441 g/mol. The highest BCUT2D eigenvalue weighted by Crippen LogP contribution is 2.40. The van der Waals surface area contributed by atoms with Crippen LogP contribution in [0.5, 0.6) is 0 Å². The summed E-state index contributed by atoms with van der Waals surface area (Å²) in [6.45, 7) is 8.50. The Labute approximate surface area is 173 Å². The highest BCUT2D eigenvalue weighted by atomic mass is 32.2. The first kappa shape index (κ1) is 21.5. The second-order valence-electron chi connectivity index (χ2n) is 8.29. The molecule has 3 rings (SSSR count). The summed E-state index contributed by atoms with van der Waals surface area (Å²) in [5.74, 6) is -1.06. The first-order valence-electron chi connectivity index (χ1n) is 8.98. The number of hydrogen-bond acceptors (Lipinski definition) is 5. The molecule has 1 aliphatic heterocycles. The predicted octanol–water partition coefficient (Wildman–Crippen LogP) is 3.72. The summed E-state index contributed by atoms with van der Waals surface area (Å²) in [6, 6.07) is 5.30. The number of halogens is 1. The number of aryl methyl sites for hydroxylation is 1. The topological polar surface area (TPSA) is 88.1 Å². The summed E-state index contributed by atoms with van der Waals surface area (Å²) in [5, 5.41) is 3.40. The lowest BCUT2D eigenvalue weighted by Crippen LogP contribution is -2.61. The minimum atomic E-state index is -3.85. The zero-order valence-electron chi connectivity index (χ0n) is 17.2. The predicted molar refractivity (Wildman–Crippen MR) is 112 cm³/mol. The van der Waals surface area contributed by atoms with E-state index in [4.69, 9.17) is 4.74 Å². The number of guanidine groups is 1. The molecule has 1 aliphatic rings. The Morgan fingerprint density at radius 3 is 2.62 bits per heavy atom. The minimum absolute atomic E-state index is 0.207. The van der Waals surface area contributed by atoms with E-state index in [0.717, 1.165) is 14.6 Å². The molecule has 2 aromatic rings. The number of aliphatic imine (C=N–C) groups is 1. The van der Waals surface area contributed by atoms with Crippen molar-refractivity contribution in [3.8, 4) is 0 Å². The van der Waals surface area contributed by atoms with Crippen molar-refractivity contribution in [1.82, 2.24) is 9.62 Å². The van der Waals surface area contributed by atoms with Gasteiger partial charge in [-0.05, 0) is 40.2 Å². The Morgan fingerprint density at radius 2 is 2.03 bits per heavy atom. The van der Waals surface area contributed by atoms with Gasteiger partial charge in [-0.1, -0.05) is 18.2 Å². The summed E-state index contributed by atoms with van der Waals surface area (Å²) in [4.78, 5) is 16.2. The molecule has 1 N–H and O–H groups in total. The smallest absolute Gasteiger partial charge is 0.437 e. The molecule has 1 aromatic heterocycles. The lowest BCUT2D eigenvalue weighted by molar-refractivity contribution is 0.0602. The number of carbonyl (C=O) groups excluding carboxylic acids is 1. The maximum absolute atomic E-state index is 15.2. The molecule has 1 saturated heterocycles. The maximum Gasteiger partial charge on any atom is 0.437 e. The minimum Gasteiger partial charge on any atom is -0.442 e. The molecule has 2 heterocycles. The van der Waals surface area contributed by atoms with Gasteiger partial charge in [-0.2, -0.15) is 0 Å². The fourth-order valence-corrected chi connectivity index (χ4v) is 5.96. The number of amides is 1. The van der Waals surface area contributed by atoms with E-state index in [2.05, 4.69) is 10.3 Å². The van der Waals surface area contributed by atoms with Gasteiger partial charge in [0.05, 0.1) is 16.2 Å². The van der Waals surface area contributed by atoms with Crippen LogP contribution in [0, 0.1) is 12.7 Å². The Morgan fingerprint density at radius 1 is 1.38 bits per heavy atom. The SMILES string of the molecule is Cc1cccc2c(F)c([C@]3(C)CS(=O)(=O)N(C)/C(=N/C(=O)OC(C)(C)C)N3)sc12. The number of hydrogen-bond donors (Lipinski definition) is 1.